The highest BCUT2D eigenvalue weighted by molar-refractivity contribution is 6.05. The van der Waals surface area contributed by atoms with Crippen molar-refractivity contribution in [2.75, 3.05) is 26.3 Å². The number of nitrogens with one attached hydrogen (secondary N) is 1. The van der Waals surface area contributed by atoms with Crippen LogP contribution < -0.4 is 10.1 Å². The molecule has 8 nitrogen and oxygen atoms in total. The number of ether oxygens (including phenoxy) is 2. The number of amides is 3. The van der Waals surface area contributed by atoms with Gasteiger partial charge in [-0.2, -0.15) is 0 Å². The maximum absolute atomic E-state index is 14.7. The van der Waals surface area contributed by atoms with Crippen molar-refractivity contribution < 1.29 is 33.7 Å². The average Bonchev–Trinajstić information content (AvgIpc) is 3.25. The first-order valence-corrected chi connectivity index (χ1v) is 11.1. The van der Waals surface area contributed by atoms with Crippen molar-refractivity contribution in [1.82, 2.24) is 15.1 Å². The van der Waals surface area contributed by atoms with Crippen LogP contribution in [0.25, 0.3) is 0 Å². The minimum Gasteiger partial charge on any atom is -0.488 e. The number of carbonyl (C=O) groups excluding carboxylic acids is 3. The zero-order valence-electron chi connectivity index (χ0n) is 22.4. The second kappa shape index (κ2) is 9.52. The maximum atomic E-state index is 14.7. The lowest BCUT2D eigenvalue weighted by Crippen LogP contribution is -2.52. The van der Waals surface area contributed by atoms with Crippen molar-refractivity contribution in [2.24, 2.45) is 0 Å². The van der Waals surface area contributed by atoms with Crippen LogP contribution in [0, 0.1) is 5.82 Å². The molecule has 3 amide bonds. The van der Waals surface area contributed by atoms with E-state index in [-0.39, 0.29) is 48.4 Å². The Morgan fingerprint density at radius 2 is 2.06 bits per heavy atom. The number of benzene rings is 2. The number of nitrogens with zero attached hydrogens (tertiary/aromatic N) is 2. The summed E-state index contributed by atoms with van der Waals surface area (Å²) in [6.45, 7) is 2.75. The molecule has 2 aromatic carbocycles. The maximum Gasteiger partial charge on any atom is 0.255 e. The standard InChI is InChI=1S/C25H26FN3O5/c26-20-5-4-16(13-28-8-10-33-11-9-28)12-17(20)15-34-22-3-1-2-18-19(22)14-29(25(18)32)21-6-7-23(30)27-24(21)31/h1-5,12,21H,6-11,13-15H2,(H,27,30,31)/i1D,2D,3D,21D. The van der Waals surface area contributed by atoms with Crippen molar-refractivity contribution in [1.29, 1.82) is 0 Å². The number of hydrogen-bond acceptors (Lipinski definition) is 6. The quantitative estimate of drug-likeness (QED) is 0.649. The lowest BCUT2D eigenvalue weighted by Gasteiger charge is -2.29. The number of morpholine rings is 1. The fraction of sp³-hybridized carbons (Fsp3) is 0.400. The predicted octanol–water partition coefficient (Wildman–Crippen LogP) is 2.00. The second-order valence-corrected chi connectivity index (χ2v) is 8.38. The number of carbonyl (C=O) groups is 3. The largest absolute Gasteiger partial charge is 0.488 e. The molecule has 0 radical (unpaired) electrons. The highest BCUT2D eigenvalue weighted by Gasteiger charge is 2.40. The van der Waals surface area contributed by atoms with Gasteiger partial charge in [0.15, 0.2) is 0 Å². The molecule has 0 spiro atoms. The van der Waals surface area contributed by atoms with Crippen LogP contribution in [-0.4, -0.2) is 59.8 Å². The summed E-state index contributed by atoms with van der Waals surface area (Å²) < 4.78 is 59.4. The smallest absolute Gasteiger partial charge is 0.255 e. The molecule has 2 fully saturated rings. The van der Waals surface area contributed by atoms with Gasteiger partial charge in [0, 0.05) is 42.7 Å². The Morgan fingerprint density at radius 1 is 1.24 bits per heavy atom. The van der Waals surface area contributed by atoms with Crippen LogP contribution in [0.2, 0.25) is 0 Å². The van der Waals surface area contributed by atoms with Crippen LogP contribution in [0.5, 0.6) is 5.75 Å². The lowest BCUT2D eigenvalue weighted by molar-refractivity contribution is -0.136. The van der Waals surface area contributed by atoms with Crippen molar-refractivity contribution in [2.45, 2.75) is 38.6 Å². The van der Waals surface area contributed by atoms with E-state index in [9.17, 15) is 18.8 Å². The van der Waals surface area contributed by atoms with E-state index in [0.717, 1.165) is 23.6 Å². The van der Waals surface area contributed by atoms with Crippen LogP contribution in [-0.2, 0) is 34.0 Å². The lowest BCUT2D eigenvalue weighted by atomic mass is 10.0. The molecule has 1 N–H and O–H groups in total. The zero-order valence-corrected chi connectivity index (χ0v) is 18.4. The number of imide groups is 1. The van der Waals surface area contributed by atoms with E-state index < -0.39 is 47.7 Å². The van der Waals surface area contributed by atoms with Gasteiger partial charge < -0.3 is 14.4 Å². The summed E-state index contributed by atoms with van der Waals surface area (Å²) >= 11 is 0. The molecule has 3 aliphatic rings. The van der Waals surface area contributed by atoms with Crippen LogP contribution in [0.15, 0.2) is 36.3 Å². The van der Waals surface area contributed by atoms with Gasteiger partial charge in [-0.25, -0.2) is 4.39 Å². The first-order chi connectivity index (χ1) is 18.1. The molecule has 9 heteroatoms. The van der Waals surface area contributed by atoms with Crippen LogP contribution in [0.3, 0.4) is 0 Å². The Morgan fingerprint density at radius 3 is 2.85 bits per heavy atom. The molecule has 0 saturated carbocycles. The predicted molar refractivity (Wildman–Crippen MR) is 119 cm³/mol. The van der Waals surface area contributed by atoms with Crippen LogP contribution in [0.1, 0.15) is 45.4 Å². The molecule has 34 heavy (non-hydrogen) atoms. The summed E-state index contributed by atoms with van der Waals surface area (Å²) in [6, 6.07) is 1.06. The number of fused-ring (bicyclic) bond motifs is 1. The van der Waals surface area contributed by atoms with Gasteiger partial charge in [-0.3, -0.25) is 24.6 Å². The van der Waals surface area contributed by atoms with Crippen LogP contribution in [0.4, 0.5) is 4.39 Å². The van der Waals surface area contributed by atoms with Gasteiger partial charge >= 0.3 is 0 Å². The van der Waals surface area contributed by atoms with Crippen molar-refractivity contribution >= 4 is 17.7 Å². The first kappa shape index (κ1) is 18.1. The van der Waals surface area contributed by atoms with Gasteiger partial charge in [0.1, 0.15) is 24.2 Å². The number of halogens is 1. The Kier molecular flexibility index (Phi) is 5.06. The van der Waals surface area contributed by atoms with E-state index >= 15 is 0 Å². The molecule has 3 heterocycles. The average molecular weight is 472 g/mol. The van der Waals surface area contributed by atoms with E-state index in [1.165, 1.54) is 6.07 Å². The molecule has 1 atom stereocenters. The van der Waals surface area contributed by atoms with Crippen LogP contribution >= 0.6 is 0 Å². The highest BCUT2D eigenvalue weighted by atomic mass is 19.1. The van der Waals surface area contributed by atoms with E-state index in [4.69, 9.17) is 15.0 Å². The van der Waals surface area contributed by atoms with Gasteiger partial charge in [0.2, 0.25) is 11.8 Å². The Hall–Kier alpha value is -3.30. The number of rotatable bonds is 6. The molecular formula is C25H26FN3O5. The Labute approximate surface area is 202 Å². The van der Waals surface area contributed by atoms with Gasteiger partial charge in [0.25, 0.3) is 5.91 Å². The summed E-state index contributed by atoms with van der Waals surface area (Å²) in [5, 5.41) is 2.07. The normalized spacial score (nSPS) is 24.7. The summed E-state index contributed by atoms with van der Waals surface area (Å²) in [4.78, 5) is 40.5. The Bertz CT molecular complexity index is 1340. The Balaban J connectivity index is 1.42. The van der Waals surface area contributed by atoms with Gasteiger partial charge in [0.05, 0.1) is 25.2 Å². The molecule has 2 aromatic rings. The molecule has 178 valence electrons. The monoisotopic (exact) mass is 471 g/mol. The number of hydrogen-bond donors (Lipinski definition) is 1. The summed E-state index contributed by atoms with van der Waals surface area (Å²) in [7, 11) is 0. The molecular weight excluding hydrogens is 441 g/mol. The van der Waals surface area contributed by atoms with Gasteiger partial charge in [-0.1, -0.05) is 12.1 Å². The van der Waals surface area contributed by atoms with E-state index in [2.05, 4.69) is 10.2 Å². The van der Waals surface area contributed by atoms with Crippen molar-refractivity contribution in [3.05, 3.63) is 64.4 Å². The fourth-order valence-corrected chi connectivity index (χ4v) is 4.32. The zero-order chi connectivity index (χ0) is 27.2. The van der Waals surface area contributed by atoms with Crippen molar-refractivity contribution in [3.63, 3.8) is 0 Å². The molecule has 3 aliphatic heterocycles. The fourth-order valence-electron chi connectivity index (χ4n) is 4.32. The second-order valence-electron chi connectivity index (χ2n) is 8.38. The SMILES string of the molecule is [2H]c1c([2H])c(OCc2cc(CN3CCOCC3)ccc2F)c2c(c1[2H])C(=O)N(C1([2H])CCC(=O)NC1=O)C2. The highest BCUT2D eigenvalue weighted by Crippen LogP contribution is 2.34. The summed E-state index contributed by atoms with van der Waals surface area (Å²) in [5.41, 5.74) is 0.927. The topological polar surface area (TPSA) is 88.2 Å². The molecule has 0 aliphatic carbocycles. The summed E-state index contributed by atoms with van der Waals surface area (Å²) in [5.74, 6) is -3.03. The minimum atomic E-state index is -2.10. The third-order valence-electron chi connectivity index (χ3n) is 6.14. The molecule has 5 rings (SSSR count). The first-order valence-electron chi connectivity index (χ1n) is 13.1. The van der Waals surface area contributed by atoms with E-state index in [0.29, 0.717) is 19.8 Å². The molecule has 2 saturated heterocycles. The molecule has 0 bridgehead atoms. The van der Waals surface area contributed by atoms with E-state index in [1.807, 2.05) is 0 Å². The van der Waals surface area contributed by atoms with Crippen molar-refractivity contribution in [3.8, 4) is 5.75 Å². The number of piperidine rings is 1. The van der Waals surface area contributed by atoms with E-state index in [1.54, 1.807) is 12.1 Å². The molecule has 1 unspecified atom stereocenters. The van der Waals surface area contributed by atoms with Gasteiger partial charge in [-0.15, -0.1) is 0 Å². The minimum absolute atomic E-state index is 0.0854. The third-order valence-corrected chi connectivity index (χ3v) is 6.14. The van der Waals surface area contributed by atoms with Gasteiger partial charge in [-0.05, 0) is 36.2 Å². The third kappa shape index (κ3) is 4.53. The molecule has 0 aromatic heterocycles. The summed E-state index contributed by atoms with van der Waals surface area (Å²) in [6.07, 6.45) is -0.372.